The molecule has 3 heteroatoms. The van der Waals surface area contributed by atoms with Gasteiger partial charge in [0.1, 0.15) is 5.76 Å². The zero-order valence-corrected chi connectivity index (χ0v) is 11.8. The van der Waals surface area contributed by atoms with Gasteiger partial charge in [-0.15, -0.1) is 0 Å². The van der Waals surface area contributed by atoms with Gasteiger partial charge in [0.15, 0.2) is 0 Å². The number of furan rings is 1. The molecule has 0 saturated heterocycles. The van der Waals surface area contributed by atoms with Crippen LogP contribution in [0.2, 0.25) is 0 Å². The average molecular weight is 286 g/mol. The molecular weight excluding hydrogens is 266 g/mol. The Hall–Kier alpha value is -0.280. The van der Waals surface area contributed by atoms with Gasteiger partial charge in [0.25, 0.3) is 0 Å². The predicted octanol–water partition coefficient (Wildman–Crippen LogP) is 4.13. The molecule has 16 heavy (non-hydrogen) atoms. The van der Waals surface area contributed by atoms with Gasteiger partial charge in [-0.2, -0.15) is 0 Å². The Morgan fingerprint density at radius 3 is 2.75 bits per heavy atom. The van der Waals surface area contributed by atoms with E-state index in [1.54, 1.807) is 6.26 Å². The fourth-order valence-corrected chi connectivity index (χ4v) is 2.77. The first-order chi connectivity index (χ1) is 7.56. The summed E-state index contributed by atoms with van der Waals surface area (Å²) in [6.45, 7) is 7.90. The maximum atomic E-state index is 5.61. The summed E-state index contributed by atoms with van der Waals surface area (Å²) in [5, 5.41) is 3.61. The number of hydrogen-bond acceptors (Lipinski definition) is 2. The molecule has 1 aromatic heterocycles. The van der Waals surface area contributed by atoms with Gasteiger partial charge < -0.3 is 9.73 Å². The van der Waals surface area contributed by atoms with Crippen LogP contribution >= 0.6 is 15.9 Å². The molecule has 2 rings (SSSR count). The van der Waals surface area contributed by atoms with Crippen LogP contribution in [-0.4, -0.2) is 6.54 Å². The Balaban J connectivity index is 2.13. The van der Waals surface area contributed by atoms with Crippen LogP contribution in [0.15, 0.2) is 21.2 Å². The molecule has 0 radical (unpaired) electrons. The summed E-state index contributed by atoms with van der Waals surface area (Å²) in [5.41, 5.74) is 0.456. The minimum atomic E-state index is 0.360. The van der Waals surface area contributed by atoms with Crippen LogP contribution < -0.4 is 5.32 Å². The molecule has 0 amide bonds. The van der Waals surface area contributed by atoms with Crippen molar-refractivity contribution in [1.82, 2.24) is 5.32 Å². The second-order valence-electron chi connectivity index (χ2n) is 5.36. The van der Waals surface area contributed by atoms with E-state index in [1.807, 2.05) is 6.07 Å². The predicted molar refractivity (Wildman–Crippen MR) is 69.3 cm³/mol. The Morgan fingerprint density at radius 2 is 2.31 bits per heavy atom. The first kappa shape index (κ1) is 12.2. The molecule has 0 spiro atoms. The summed E-state index contributed by atoms with van der Waals surface area (Å²) in [5.74, 6) is 1.76. The second kappa shape index (κ2) is 4.53. The minimum Gasteiger partial charge on any atom is -0.466 e. The third-order valence-corrected chi connectivity index (χ3v) is 4.19. The van der Waals surface area contributed by atoms with Crippen molar-refractivity contribution in [1.29, 1.82) is 0 Å². The van der Waals surface area contributed by atoms with Gasteiger partial charge in [-0.3, -0.25) is 0 Å². The normalized spacial score (nSPS) is 24.4. The second-order valence-corrected chi connectivity index (χ2v) is 6.22. The van der Waals surface area contributed by atoms with Crippen molar-refractivity contribution in [2.75, 3.05) is 6.54 Å². The van der Waals surface area contributed by atoms with Crippen molar-refractivity contribution in [3.8, 4) is 0 Å². The SMILES string of the molecule is CCCNC(c1occc1Br)C1CC1(C)C. The Morgan fingerprint density at radius 1 is 1.62 bits per heavy atom. The molecule has 2 unspecified atom stereocenters. The van der Waals surface area contributed by atoms with E-state index in [9.17, 15) is 0 Å². The molecule has 2 nitrogen and oxygen atoms in total. The van der Waals surface area contributed by atoms with Gasteiger partial charge in [-0.25, -0.2) is 0 Å². The molecule has 1 aromatic rings. The third kappa shape index (κ3) is 2.35. The van der Waals surface area contributed by atoms with Gasteiger partial charge in [-0.1, -0.05) is 20.8 Å². The van der Waals surface area contributed by atoms with Crippen molar-refractivity contribution in [3.05, 3.63) is 22.6 Å². The molecule has 1 N–H and O–H groups in total. The average Bonchev–Trinajstić information content (AvgIpc) is 2.65. The zero-order chi connectivity index (χ0) is 11.8. The molecule has 0 bridgehead atoms. The summed E-state index contributed by atoms with van der Waals surface area (Å²) >= 11 is 3.56. The Kier molecular flexibility index (Phi) is 3.45. The van der Waals surface area contributed by atoms with E-state index >= 15 is 0 Å². The largest absolute Gasteiger partial charge is 0.466 e. The summed E-state index contributed by atoms with van der Waals surface area (Å²) in [6.07, 6.45) is 4.19. The first-order valence-electron chi connectivity index (χ1n) is 6.02. The van der Waals surface area contributed by atoms with Crippen LogP contribution in [0.5, 0.6) is 0 Å². The molecule has 1 heterocycles. The summed E-state index contributed by atoms with van der Waals surface area (Å²) < 4.78 is 6.70. The van der Waals surface area contributed by atoms with E-state index in [-0.39, 0.29) is 0 Å². The summed E-state index contributed by atoms with van der Waals surface area (Å²) in [4.78, 5) is 0. The lowest BCUT2D eigenvalue weighted by Crippen LogP contribution is -2.25. The molecular formula is C13H20BrNO. The van der Waals surface area contributed by atoms with E-state index in [0.717, 1.165) is 23.2 Å². The maximum absolute atomic E-state index is 5.61. The van der Waals surface area contributed by atoms with Crippen LogP contribution in [0, 0.1) is 11.3 Å². The van der Waals surface area contributed by atoms with Crippen LogP contribution in [-0.2, 0) is 0 Å². The lowest BCUT2D eigenvalue weighted by Gasteiger charge is -2.18. The lowest BCUT2D eigenvalue weighted by molar-refractivity contribution is 0.348. The molecule has 90 valence electrons. The maximum Gasteiger partial charge on any atom is 0.135 e. The molecule has 1 aliphatic rings. The monoisotopic (exact) mass is 285 g/mol. The molecule has 1 saturated carbocycles. The van der Waals surface area contributed by atoms with E-state index in [1.165, 1.54) is 6.42 Å². The van der Waals surface area contributed by atoms with Gasteiger partial charge in [0, 0.05) is 0 Å². The lowest BCUT2D eigenvalue weighted by atomic mass is 10.0. The minimum absolute atomic E-state index is 0.360. The number of halogens is 1. The van der Waals surface area contributed by atoms with Crippen molar-refractivity contribution in [2.24, 2.45) is 11.3 Å². The standard InChI is InChI=1S/C13H20BrNO/c1-4-6-15-11(9-8-13(9,2)3)12-10(14)5-7-16-12/h5,7,9,11,15H,4,6,8H2,1-3H3. The molecule has 0 aliphatic heterocycles. The van der Waals surface area contributed by atoms with Crippen molar-refractivity contribution < 1.29 is 4.42 Å². The van der Waals surface area contributed by atoms with Crippen molar-refractivity contribution in [2.45, 2.75) is 39.7 Å². The van der Waals surface area contributed by atoms with E-state index < -0.39 is 0 Å². The van der Waals surface area contributed by atoms with Crippen LogP contribution in [0.3, 0.4) is 0 Å². The molecule has 1 fully saturated rings. The highest BCUT2D eigenvalue weighted by atomic mass is 79.9. The highest BCUT2D eigenvalue weighted by Crippen LogP contribution is 2.58. The highest BCUT2D eigenvalue weighted by molar-refractivity contribution is 9.10. The van der Waals surface area contributed by atoms with Gasteiger partial charge >= 0.3 is 0 Å². The Labute approximate surface area is 106 Å². The fraction of sp³-hybridized carbons (Fsp3) is 0.692. The molecule has 0 aromatic carbocycles. The number of hydrogen-bond donors (Lipinski definition) is 1. The van der Waals surface area contributed by atoms with Crippen LogP contribution in [0.1, 0.15) is 45.4 Å². The fourth-order valence-electron chi connectivity index (χ4n) is 2.32. The first-order valence-corrected chi connectivity index (χ1v) is 6.82. The summed E-state index contributed by atoms with van der Waals surface area (Å²) in [7, 11) is 0. The van der Waals surface area contributed by atoms with Crippen molar-refractivity contribution >= 4 is 15.9 Å². The number of nitrogens with one attached hydrogen (secondary N) is 1. The van der Waals surface area contributed by atoms with Crippen LogP contribution in [0.25, 0.3) is 0 Å². The third-order valence-electron chi connectivity index (χ3n) is 3.53. The highest BCUT2D eigenvalue weighted by Gasteiger charge is 2.51. The van der Waals surface area contributed by atoms with E-state index in [0.29, 0.717) is 17.4 Å². The topological polar surface area (TPSA) is 25.2 Å². The molecule has 2 atom stereocenters. The van der Waals surface area contributed by atoms with E-state index in [2.05, 4.69) is 42.0 Å². The van der Waals surface area contributed by atoms with E-state index in [4.69, 9.17) is 4.42 Å². The van der Waals surface area contributed by atoms with Gasteiger partial charge in [0.2, 0.25) is 0 Å². The smallest absolute Gasteiger partial charge is 0.135 e. The summed E-state index contributed by atoms with van der Waals surface area (Å²) in [6, 6.07) is 2.34. The van der Waals surface area contributed by atoms with Gasteiger partial charge in [-0.05, 0) is 52.7 Å². The molecule has 1 aliphatic carbocycles. The Bertz CT molecular complexity index is 359. The quantitative estimate of drug-likeness (QED) is 0.880. The zero-order valence-electron chi connectivity index (χ0n) is 10.2. The van der Waals surface area contributed by atoms with Gasteiger partial charge in [0.05, 0.1) is 16.8 Å². The van der Waals surface area contributed by atoms with Crippen LogP contribution in [0.4, 0.5) is 0 Å². The number of rotatable bonds is 5. The van der Waals surface area contributed by atoms with Crippen molar-refractivity contribution in [3.63, 3.8) is 0 Å².